The lowest BCUT2D eigenvalue weighted by atomic mass is 10.1. The van der Waals surface area contributed by atoms with E-state index < -0.39 is 24.0 Å². The molecule has 0 saturated carbocycles. The zero-order valence-electron chi connectivity index (χ0n) is 23.0. The number of carbonyl (C=O) groups excluding carboxylic acids is 3. The number of benzene rings is 2. The van der Waals surface area contributed by atoms with Crippen molar-refractivity contribution in [3.63, 3.8) is 0 Å². The molecule has 41 heavy (non-hydrogen) atoms. The predicted molar refractivity (Wildman–Crippen MR) is 159 cm³/mol. The summed E-state index contributed by atoms with van der Waals surface area (Å²) >= 11 is 6.20. The first-order valence-corrected chi connectivity index (χ1v) is 13.3. The third-order valence-electron chi connectivity index (χ3n) is 6.76. The van der Waals surface area contributed by atoms with Gasteiger partial charge in [-0.05, 0) is 69.9 Å². The zero-order valence-corrected chi connectivity index (χ0v) is 24.5. The average Bonchev–Trinajstić information content (AvgIpc) is 3.43. The fourth-order valence-electron chi connectivity index (χ4n) is 4.71. The van der Waals surface area contributed by atoms with Crippen molar-refractivity contribution in [2.24, 2.45) is 0 Å². The molecule has 1 aliphatic rings. The summed E-state index contributed by atoms with van der Waals surface area (Å²) in [6, 6.07) is 10.5. The number of urea groups is 1. The number of nitrogens with zero attached hydrogens (tertiary/aromatic N) is 3. The number of anilines is 3. The van der Waals surface area contributed by atoms with Crippen LogP contribution < -0.4 is 15.5 Å². The minimum atomic E-state index is -2.70. The van der Waals surface area contributed by atoms with E-state index in [-0.39, 0.29) is 57.3 Å². The summed E-state index contributed by atoms with van der Waals surface area (Å²) in [6.07, 6.45) is 1.66. The number of aromatic nitrogens is 1. The Bertz CT molecular complexity index is 1400. The normalized spacial score (nSPS) is 15.0. The molecular formula is C28H33Cl2F2N5O4. The SMILES string of the molecule is CCOC(=O)C(CCC(=O)n1cc(NC(=O)Nc2ccc(N3CCC(F)(F)C3)cc2)c2cc(Cl)ccc21)N(C)C.Cl. The fraction of sp³-hybridized carbons (Fsp3) is 0.393. The van der Waals surface area contributed by atoms with E-state index in [1.54, 1.807) is 73.3 Å². The molecule has 1 unspecified atom stereocenters. The standard InChI is InChI=1S/C28H32ClF2N5O4.ClH/c1-4-40-26(38)24(34(2)3)11-12-25(37)36-16-22(21-15-18(29)5-10-23(21)36)33-27(39)32-19-6-8-20(9-7-19)35-14-13-28(30,31)17-35;/h5-10,15-16,24H,4,11-14,17H2,1-3H3,(H2,32,33,39);1H. The molecule has 222 valence electrons. The monoisotopic (exact) mass is 611 g/mol. The van der Waals surface area contributed by atoms with Crippen molar-refractivity contribution in [3.05, 3.63) is 53.7 Å². The summed E-state index contributed by atoms with van der Waals surface area (Å²) in [5, 5.41) is 6.47. The molecule has 0 aliphatic carbocycles. The number of carbonyl (C=O) groups is 3. The summed E-state index contributed by atoms with van der Waals surface area (Å²) in [4.78, 5) is 41.6. The van der Waals surface area contributed by atoms with Crippen LogP contribution in [0.1, 0.15) is 31.0 Å². The number of esters is 1. The molecule has 0 spiro atoms. The van der Waals surface area contributed by atoms with Gasteiger partial charge in [-0.15, -0.1) is 12.4 Å². The maximum atomic E-state index is 13.5. The van der Waals surface area contributed by atoms with E-state index in [0.717, 1.165) is 0 Å². The summed E-state index contributed by atoms with van der Waals surface area (Å²) < 4.78 is 33.6. The van der Waals surface area contributed by atoms with Gasteiger partial charge in [-0.3, -0.25) is 19.1 Å². The first-order valence-electron chi connectivity index (χ1n) is 12.9. The Morgan fingerprint density at radius 1 is 1.12 bits per heavy atom. The Kier molecular flexibility index (Phi) is 10.6. The van der Waals surface area contributed by atoms with Crippen molar-refractivity contribution in [1.29, 1.82) is 0 Å². The van der Waals surface area contributed by atoms with Crippen LogP contribution >= 0.6 is 24.0 Å². The number of halogens is 4. The highest BCUT2D eigenvalue weighted by molar-refractivity contribution is 6.31. The Balaban J connectivity index is 0.00000462. The van der Waals surface area contributed by atoms with Gasteiger partial charge in [-0.2, -0.15) is 0 Å². The Morgan fingerprint density at radius 3 is 2.44 bits per heavy atom. The zero-order chi connectivity index (χ0) is 29.0. The van der Waals surface area contributed by atoms with E-state index in [1.165, 1.54) is 10.8 Å². The number of ether oxygens (including phenoxy) is 1. The molecule has 1 aliphatic heterocycles. The van der Waals surface area contributed by atoms with Gasteiger partial charge in [0.2, 0.25) is 5.91 Å². The Labute approximate surface area is 248 Å². The number of hydrogen-bond donors (Lipinski definition) is 2. The molecule has 1 saturated heterocycles. The lowest BCUT2D eigenvalue weighted by Gasteiger charge is -2.22. The van der Waals surface area contributed by atoms with Crippen LogP contribution in [-0.2, 0) is 9.53 Å². The smallest absolute Gasteiger partial charge is 0.323 e. The molecule has 4 rings (SSSR count). The van der Waals surface area contributed by atoms with Crippen LogP contribution in [0.2, 0.25) is 5.02 Å². The maximum absolute atomic E-state index is 13.5. The highest BCUT2D eigenvalue weighted by Crippen LogP contribution is 2.32. The number of alkyl halides is 2. The summed E-state index contributed by atoms with van der Waals surface area (Å²) in [5.74, 6) is -3.36. The number of nitrogens with one attached hydrogen (secondary N) is 2. The van der Waals surface area contributed by atoms with E-state index in [9.17, 15) is 23.2 Å². The van der Waals surface area contributed by atoms with Crippen LogP contribution in [0, 0.1) is 0 Å². The van der Waals surface area contributed by atoms with Crippen molar-refractivity contribution in [2.75, 3.05) is 49.3 Å². The Morgan fingerprint density at radius 2 is 1.83 bits per heavy atom. The second kappa shape index (κ2) is 13.5. The van der Waals surface area contributed by atoms with Gasteiger partial charge in [0.05, 0.1) is 24.4 Å². The summed E-state index contributed by atoms with van der Waals surface area (Å²) in [7, 11) is 3.50. The average molecular weight is 613 g/mol. The van der Waals surface area contributed by atoms with Gasteiger partial charge in [0.25, 0.3) is 5.92 Å². The van der Waals surface area contributed by atoms with Crippen LogP contribution in [0.3, 0.4) is 0 Å². The number of fused-ring (bicyclic) bond motifs is 1. The van der Waals surface area contributed by atoms with Crippen molar-refractivity contribution in [1.82, 2.24) is 9.47 Å². The number of likely N-dealkylation sites (N-methyl/N-ethyl adjacent to an activating group) is 1. The van der Waals surface area contributed by atoms with Crippen molar-refractivity contribution < 1.29 is 27.9 Å². The lowest BCUT2D eigenvalue weighted by Crippen LogP contribution is -2.37. The van der Waals surface area contributed by atoms with Gasteiger partial charge in [0.1, 0.15) is 6.04 Å². The quantitative estimate of drug-likeness (QED) is 0.283. The number of rotatable bonds is 9. The van der Waals surface area contributed by atoms with Crippen LogP contribution in [-0.4, -0.2) is 73.1 Å². The van der Waals surface area contributed by atoms with Crippen molar-refractivity contribution in [2.45, 2.75) is 38.2 Å². The van der Waals surface area contributed by atoms with Crippen LogP contribution in [0.5, 0.6) is 0 Å². The van der Waals surface area contributed by atoms with Gasteiger partial charge in [-0.1, -0.05) is 11.6 Å². The lowest BCUT2D eigenvalue weighted by molar-refractivity contribution is -0.148. The molecule has 1 fully saturated rings. The molecular weight excluding hydrogens is 579 g/mol. The third kappa shape index (κ3) is 7.87. The van der Waals surface area contributed by atoms with Gasteiger partial charge in [-0.25, -0.2) is 13.6 Å². The molecule has 1 atom stereocenters. The van der Waals surface area contributed by atoms with Gasteiger partial charge >= 0.3 is 12.0 Å². The van der Waals surface area contributed by atoms with Crippen molar-refractivity contribution in [3.8, 4) is 0 Å². The fourth-order valence-corrected chi connectivity index (χ4v) is 4.88. The molecule has 0 bridgehead atoms. The molecule has 2 aromatic carbocycles. The number of hydrogen-bond acceptors (Lipinski definition) is 6. The molecule has 2 heterocycles. The van der Waals surface area contributed by atoms with Gasteiger partial charge < -0.3 is 20.3 Å². The highest BCUT2D eigenvalue weighted by atomic mass is 35.5. The molecule has 0 radical (unpaired) electrons. The molecule has 3 aromatic rings. The highest BCUT2D eigenvalue weighted by Gasteiger charge is 2.38. The molecule has 2 N–H and O–H groups in total. The molecule has 9 nitrogen and oxygen atoms in total. The third-order valence-corrected chi connectivity index (χ3v) is 6.99. The van der Waals surface area contributed by atoms with E-state index in [0.29, 0.717) is 33.0 Å². The first-order chi connectivity index (χ1) is 19.0. The number of amides is 2. The summed E-state index contributed by atoms with van der Waals surface area (Å²) in [5.41, 5.74) is 2.04. The topological polar surface area (TPSA) is 95.9 Å². The van der Waals surface area contributed by atoms with Gasteiger partial charge in [0.15, 0.2) is 0 Å². The molecule has 13 heteroatoms. The van der Waals surface area contributed by atoms with Crippen LogP contribution in [0.4, 0.5) is 30.6 Å². The first kappa shape index (κ1) is 32.1. The predicted octanol–water partition coefficient (Wildman–Crippen LogP) is 6.12. The van der Waals surface area contributed by atoms with Gasteiger partial charge in [0, 0.05) is 47.4 Å². The van der Waals surface area contributed by atoms with E-state index in [4.69, 9.17) is 16.3 Å². The van der Waals surface area contributed by atoms with Crippen molar-refractivity contribution >= 4 is 69.9 Å². The molecule has 1 aromatic heterocycles. The van der Waals surface area contributed by atoms with Crippen LogP contribution in [0.25, 0.3) is 10.9 Å². The Hall–Kier alpha value is -3.41. The second-order valence-corrected chi connectivity index (χ2v) is 10.3. The van der Waals surface area contributed by atoms with E-state index in [2.05, 4.69) is 10.6 Å². The van der Waals surface area contributed by atoms with E-state index in [1.807, 2.05) is 0 Å². The van der Waals surface area contributed by atoms with E-state index >= 15 is 0 Å². The largest absolute Gasteiger partial charge is 0.465 e. The summed E-state index contributed by atoms with van der Waals surface area (Å²) in [6.45, 7) is 1.91. The maximum Gasteiger partial charge on any atom is 0.323 e. The minimum Gasteiger partial charge on any atom is -0.465 e. The second-order valence-electron chi connectivity index (χ2n) is 9.89. The molecule has 2 amide bonds. The minimum absolute atomic E-state index is 0. The van der Waals surface area contributed by atoms with Crippen LogP contribution in [0.15, 0.2) is 48.7 Å².